The first-order valence-corrected chi connectivity index (χ1v) is 40.3. The second kappa shape index (κ2) is 70.3. The number of rotatable bonds is 72. The molecule has 0 fully saturated rings. The number of amides is 1. The number of hydrogen-bond acceptors (Lipinski definition) is 5. The van der Waals surface area contributed by atoms with Crippen LogP contribution in [0.25, 0.3) is 0 Å². The Balaban J connectivity index is 4.01. The summed E-state index contributed by atoms with van der Waals surface area (Å²) in [6.45, 7) is 4.74. The SMILES string of the molecule is CC/C=C\C/C=C\C/C=C\C/C=C\CCCCCCCCCCCCCCCCCCCCCCCCC(=O)NC(COP(=O)(O)OCC[N+](C)(C)C)C(O)/C=C/CC/C=C/CCCCCCCCCCCCCCCCCCCCCCCCCCCC. The lowest BCUT2D eigenvalue weighted by Gasteiger charge is -2.25. The minimum Gasteiger partial charge on any atom is -0.387 e. The molecule has 0 spiro atoms. The lowest BCUT2D eigenvalue weighted by atomic mass is 10.0. The van der Waals surface area contributed by atoms with Crippen LogP contribution in [-0.4, -0.2) is 73.4 Å². The maximum Gasteiger partial charge on any atom is 0.472 e. The van der Waals surface area contributed by atoms with Crippen molar-refractivity contribution in [3.63, 3.8) is 0 Å². The number of quaternary nitrogens is 1. The van der Waals surface area contributed by atoms with Crippen LogP contribution in [-0.2, 0) is 18.4 Å². The minimum absolute atomic E-state index is 0.0564. The van der Waals surface area contributed by atoms with E-state index in [4.69, 9.17) is 9.05 Å². The Bertz CT molecular complexity index is 1680. The summed E-state index contributed by atoms with van der Waals surface area (Å²) in [5, 5.41) is 14.0. The van der Waals surface area contributed by atoms with Crippen molar-refractivity contribution in [1.29, 1.82) is 0 Å². The van der Waals surface area contributed by atoms with Crippen molar-refractivity contribution in [3.05, 3.63) is 72.9 Å². The predicted molar refractivity (Wildman–Crippen MR) is 392 cm³/mol. The molecule has 0 heterocycles. The first kappa shape index (κ1) is 86.9. The topological polar surface area (TPSA) is 105 Å². The molecule has 0 aromatic rings. The van der Waals surface area contributed by atoms with E-state index in [1.54, 1.807) is 6.08 Å². The molecule has 3 unspecified atom stereocenters. The number of likely N-dealkylation sites (N-methyl/N-ethyl adjacent to an activating group) is 1. The van der Waals surface area contributed by atoms with Crippen molar-refractivity contribution in [2.45, 2.75) is 392 Å². The number of nitrogens with zero attached hydrogens (tertiary/aromatic N) is 1. The Morgan fingerprint density at radius 1 is 0.393 bits per heavy atom. The Labute approximate surface area is 554 Å². The molecule has 0 aromatic carbocycles. The van der Waals surface area contributed by atoms with Gasteiger partial charge in [0.25, 0.3) is 0 Å². The van der Waals surface area contributed by atoms with Crippen LogP contribution in [0.3, 0.4) is 0 Å². The fourth-order valence-electron chi connectivity index (χ4n) is 11.7. The van der Waals surface area contributed by atoms with Gasteiger partial charge in [-0.3, -0.25) is 13.8 Å². The normalized spacial score (nSPS) is 13.9. The van der Waals surface area contributed by atoms with Crippen molar-refractivity contribution in [1.82, 2.24) is 5.32 Å². The molecule has 8 nitrogen and oxygen atoms in total. The van der Waals surface area contributed by atoms with E-state index in [2.05, 4.69) is 79.9 Å². The van der Waals surface area contributed by atoms with Crippen LogP contribution in [0.2, 0.25) is 0 Å². The Kier molecular flexibility index (Phi) is 68.6. The summed E-state index contributed by atoms with van der Waals surface area (Å²) in [7, 11) is 1.57. The number of carbonyl (C=O) groups excluding carboxylic acids is 1. The van der Waals surface area contributed by atoms with Gasteiger partial charge in [0.05, 0.1) is 39.9 Å². The molecule has 0 rings (SSSR count). The van der Waals surface area contributed by atoms with Crippen LogP contribution in [0, 0.1) is 0 Å². The van der Waals surface area contributed by atoms with Crippen molar-refractivity contribution in [3.8, 4) is 0 Å². The quantitative estimate of drug-likeness (QED) is 0.0243. The van der Waals surface area contributed by atoms with Crippen molar-refractivity contribution >= 4 is 13.7 Å². The number of aliphatic hydroxyl groups excluding tert-OH is 1. The number of phosphoric acid groups is 1. The van der Waals surface area contributed by atoms with E-state index >= 15 is 0 Å². The second-order valence-electron chi connectivity index (χ2n) is 27.7. The molecule has 3 atom stereocenters. The highest BCUT2D eigenvalue weighted by molar-refractivity contribution is 7.47. The summed E-state index contributed by atoms with van der Waals surface area (Å²) in [5.74, 6) is -0.180. The average molecular weight is 1270 g/mol. The molecule has 1 amide bonds. The van der Waals surface area contributed by atoms with Crippen molar-refractivity contribution < 1.29 is 32.9 Å². The highest BCUT2D eigenvalue weighted by atomic mass is 31.2. The monoisotopic (exact) mass is 1270 g/mol. The molecule has 9 heteroatoms. The molecule has 0 saturated heterocycles. The van der Waals surface area contributed by atoms with E-state index in [1.807, 2.05) is 27.2 Å². The van der Waals surface area contributed by atoms with Gasteiger partial charge in [-0.2, -0.15) is 0 Å². The van der Waals surface area contributed by atoms with Gasteiger partial charge in [-0.25, -0.2) is 4.57 Å². The molecule has 0 aromatic heterocycles. The van der Waals surface area contributed by atoms with E-state index in [1.165, 1.54) is 295 Å². The smallest absolute Gasteiger partial charge is 0.387 e. The molecular weight excluding hydrogens is 1120 g/mol. The number of carbonyl (C=O) groups is 1. The molecule has 522 valence electrons. The van der Waals surface area contributed by atoms with Gasteiger partial charge in [0.1, 0.15) is 13.2 Å². The van der Waals surface area contributed by atoms with Crippen LogP contribution in [0.15, 0.2) is 72.9 Å². The third kappa shape index (κ3) is 73.2. The van der Waals surface area contributed by atoms with Crippen LogP contribution in [0.5, 0.6) is 0 Å². The van der Waals surface area contributed by atoms with Crippen molar-refractivity contribution in [2.24, 2.45) is 0 Å². The zero-order valence-electron chi connectivity index (χ0n) is 59.9. The average Bonchev–Trinajstić information content (AvgIpc) is 3.64. The van der Waals surface area contributed by atoms with E-state index in [0.717, 1.165) is 64.2 Å². The summed E-state index contributed by atoms with van der Waals surface area (Å²) >= 11 is 0. The van der Waals surface area contributed by atoms with Crippen LogP contribution >= 0.6 is 7.82 Å². The van der Waals surface area contributed by atoms with Gasteiger partial charge in [0, 0.05) is 6.42 Å². The lowest BCUT2D eigenvalue weighted by molar-refractivity contribution is -0.870. The first-order valence-electron chi connectivity index (χ1n) is 38.8. The van der Waals surface area contributed by atoms with Gasteiger partial charge in [0.15, 0.2) is 0 Å². The summed E-state index contributed by atoms with van der Waals surface area (Å²) in [6, 6.07) is -0.867. The summed E-state index contributed by atoms with van der Waals surface area (Å²) in [6.07, 6.45) is 99.5. The van der Waals surface area contributed by atoms with E-state index in [-0.39, 0.29) is 19.1 Å². The number of phosphoric ester groups is 1. The van der Waals surface area contributed by atoms with Gasteiger partial charge in [-0.15, -0.1) is 0 Å². The third-order valence-electron chi connectivity index (χ3n) is 17.7. The van der Waals surface area contributed by atoms with Crippen LogP contribution in [0.4, 0.5) is 0 Å². The highest BCUT2D eigenvalue weighted by Crippen LogP contribution is 2.43. The van der Waals surface area contributed by atoms with Crippen LogP contribution < -0.4 is 5.32 Å². The molecule has 0 aliphatic rings. The molecule has 89 heavy (non-hydrogen) atoms. The summed E-state index contributed by atoms with van der Waals surface area (Å²) in [4.78, 5) is 23.5. The Morgan fingerprint density at radius 2 is 0.685 bits per heavy atom. The molecule has 0 bridgehead atoms. The Hall–Kier alpha value is -2.06. The van der Waals surface area contributed by atoms with E-state index in [9.17, 15) is 19.4 Å². The maximum atomic E-state index is 13.1. The van der Waals surface area contributed by atoms with Gasteiger partial charge in [-0.1, -0.05) is 376 Å². The van der Waals surface area contributed by atoms with Gasteiger partial charge >= 0.3 is 7.82 Å². The molecular formula is C80H152N2O6P+. The molecule has 0 saturated carbocycles. The largest absolute Gasteiger partial charge is 0.472 e. The molecule has 0 radical (unpaired) electrons. The number of unbranched alkanes of at least 4 members (excludes halogenated alkanes) is 49. The Morgan fingerprint density at radius 3 is 1.03 bits per heavy atom. The zero-order chi connectivity index (χ0) is 64.8. The van der Waals surface area contributed by atoms with Gasteiger partial charge in [0.2, 0.25) is 5.91 Å². The van der Waals surface area contributed by atoms with E-state index in [0.29, 0.717) is 17.4 Å². The maximum absolute atomic E-state index is 13.1. The van der Waals surface area contributed by atoms with Crippen LogP contribution in [0.1, 0.15) is 380 Å². The molecule has 0 aliphatic carbocycles. The number of allylic oxidation sites excluding steroid dienone is 11. The zero-order valence-corrected chi connectivity index (χ0v) is 60.8. The number of hydrogen-bond donors (Lipinski definition) is 3. The number of aliphatic hydroxyl groups is 1. The van der Waals surface area contributed by atoms with E-state index < -0.39 is 20.0 Å². The predicted octanol–water partition coefficient (Wildman–Crippen LogP) is 25.3. The molecule has 0 aliphatic heterocycles. The third-order valence-corrected chi connectivity index (χ3v) is 18.6. The van der Waals surface area contributed by atoms with Crippen molar-refractivity contribution in [2.75, 3.05) is 40.9 Å². The first-order chi connectivity index (χ1) is 43.5. The lowest BCUT2D eigenvalue weighted by Crippen LogP contribution is -2.45. The fourth-order valence-corrected chi connectivity index (χ4v) is 12.4. The number of nitrogens with one attached hydrogen (secondary N) is 1. The fraction of sp³-hybridized carbons (Fsp3) is 0.838. The highest BCUT2D eigenvalue weighted by Gasteiger charge is 2.28. The second-order valence-corrected chi connectivity index (χ2v) is 29.2. The summed E-state index contributed by atoms with van der Waals surface area (Å²) < 4.78 is 23.9. The van der Waals surface area contributed by atoms with Gasteiger partial charge < -0.3 is 19.8 Å². The molecule has 3 N–H and O–H groups in total. The minimum atomic E-state index is -4.37. The standard InChI is InChI=1S/C80H151N2O6P/c1-6-8-10-12-14-16-18-20-22-24-26-28-30-32-34-36-38-40-41-42-44-46-48-50-52-54-56-58-60-62-64-66-68-70-72-74-80(84)81-78(77-88-89(85,86)87-76-75-82(3,4)5)79(83)73-71-69-67-65-63-61-59-57-55-53-51-49-47-45-43-39-37-35-33-31-29-27-25-23-21-19-17-15-13-11-9-7-2/h8,10,14,16,20,22,26,28,63,65,71,73,78-79,83H,6-7,9,11-13,15,17-19,21,23-25,27,29-62,64,66-70,72,74-77H2,1-5H3,(H-,81,84,85,86)/p+1/b10-8-,16-14-,22-20-,28-26-,65-63+,73-71+. The van der Waals surface area contributed by atoms with Gasteiger partial charge in [-0.05, 0) is 70.6 Å². The summed E-state index contributed by atoms with van der Waals surface area (Å²) in [5.41, 5.74) is 0.